The van der Waals surface area contributed by atoms with Gasteiger partial charge in [0.05, 0.1) is 6.10 Å². The summed E-state index contributed by atoms with van der Waals surface area (Å²) in [5.41, 5.74) is 6.07. The van der Waals surface area contributed by atoms with E-state index in [9.17, 15) is 0 Å². The fraction of sp³-hybridized carbons (Fsp3) is 1.00. The van der Waals surface area contributed by atoms with Crippen LogP contribution in [0, 0.1) is 5.41 Å². The smallest absolute Gasteiger partial charge is 0.0655 e. The Hall–Kier alpha value is -0.0800. The quantitative estimate of drug-likeness (QED) is 0.656. The molecule has 0 radical (unpaired) electrons. The van der Waals surface area contributed by atoms with E-state index in [1.54, 1.807) is 0 Å². The predicted molar refractivity (Wildman–Crippen MR) is 51.0 cm³/mol. The van der Waals surface area contributed by atoms with Gasteiger partial charge in [-0.15, -0.1) is 0 Å². The molecule has 2 nitrogen and oxygen atoms in total. The summed E-state index contributed by atoms with van der Waals surface area (Å²) in [6, 6.07) is 0.337. The molecule has 0 saturated heterocycles. The molecule has 72 valence electrons. The molecule has 1 saturated carbocycles. The van der Waals surface area contributed by atoms with Crippen LogP contribution in [-0.2, 0) is 4.74 Å². The van der Waals surface area contributed by atoms with Crippen LogP contribution in [0.5, 0.6) is 0 Å². The van der Waals surface area contributed by atoms with E-state index in [0.29, 0.717) is 12.1 Å². The van der Waals surface area contributed by atoms with Crippen LogP contribution in [0.2, 0.25) is 0 Å². The Kier molecular flexibility index (Phi) is 3.13. The van der Waals surface area contributed by atoms with E-state index < -0.39 is 0 Å². The summed E-state index contributed by atoms with van der Waals surface area (Å²) in [5, 5.41) is 0. The molecule has 0 amide bonds. The maximum absolute atomic E-state index is 5.87. The van der Waals surface area contributed by atoms with Gasteiger partial charge in [0.2, 0.25) is 0 Å². The highest BCUT2D eigenvalue weighted by molar-refractivity contribution is 5.00. The molecular formula is C10H21NO. The van der Waals surface area contributed by atoms with Crippen LogP contribution >= 0.6 is 0 Å². The highest BCUT2D eigenvalue weighted by atomic mass is 16.5. The van der Waals surface area contributed by atoms with Crippen LogP contribution in [0.1, 0.15) is 40.0 Å². The monoisotopic (exact) mass is 171 g/mol. The predicted octanol–water partition coefficient (Wildman–Crippen LogP) is 1.93. The Bertz CT molecular complexity index is 145. The molecule has 1 aliphatic carbocycles. The minimum Gasteiger partial charge on any atom is -0.378 e. The minimum absolute atomic E-state index is 0.202. The molecule has 1 aliphatic rings. The first-order chi connectivity index (χ1) is 5.59. The highest BCUT2D eigenvalue weighted by Gasteiger charge is 2.46. The van der Waals surface area contributed by atoms with Crippen LogP contribution in [0.25, 0.3) is 0 Å². The second kappa shape index (κ2) is 3.75. The van der Waals surface area contributed by atoms with Crippen molar-refractivity contribution in [2.45, 2.75) is 52.2 Å². The molecule has 0 aliphatic heterocycles. The average molecular weight is 171 g/mol. The van der Waals surface area contributed by atoms with Gasteiger partial charge in [-0.2, -0.15) is 0 Å². The summed E-state index contributed by atoms with van der Waals surface area (Å²) >= 11 is 0. The molecule has 0 heterocycles. The zero-order valence-corrected chi connectivity index (χ0v) is 8.47. The normalized spacial score (nSPS) is 33.0. The molecular weight excluding hydrogens is 150 g/mol. The first-order valence-corrected chi connectivity index (χ1v) is 4.96. The standard InChI is InChI=1S/C10H21NO/c1-4-5-6-12-9-7-8(11)10(9,2)3/h8-9H,4-7,11H2,1-3H3/t8-,9+/m0/s1. The molecule has 0 spiro atoms. The summed E-state index contributed by atoms with van der Waals surface area (Å²) in [5.74, 6) is 0. The Balaban J connectivity index is 2.19. The second-order valence-electron chi connectivity index (χ2n) is 4.38. The van der Waals surface area contributed by atoms with E-state index in [2.05, 4.69) is 20.8 Å². The van der Waals surface area contributed by atoms with E-state index in [0.717, 1.165) is 13.0 Å². The highest BCUT2D eigenvalue weighted by Crippen LogP contribution is 2.41. The number of hydrogen-bond donors (Lipinski definition) is 1. The van der Waals surface area contributed by atoms with Crippen molar-refractivity contribution in [3.63, 3.8) is 0 Å². The van der Waals surface area contributed by atoms with Crippen LogP contribution < -0.4 is 5.73 Å². The van der Waals surface area contributed by atoms with Gasteiger partial charge in [0.1, 0.15) is 0 Å². The lowest BCUT2D eigenvalue weighted by Gasteiger charge is -2.49. The third kappa shape index (κ3) is 1.80. The topological polar surface area (TPSA) is 35.2 Å². The molecule has 1 rings (SSSR count). The number of unbranched alkanes of at least 4 members (excludes halogenated alkanes) is 1. The Morgan fingerprint density at radius 1 is 1.50 bits per heavy atom. The van der Waals surface area contributed by atoms with Crippen molar-refractivity contribution >= 4 is 0 Å². The molecule has 2 heteroatoms. The SMILES string of the molecule is CCCCO[C@@H]1C[C@H](N)C1(C)C. The van der Waals surface area contributed by atoms with E-state index in [-0.39, 0.29) is 5.41 Å². The lowest BCUT2D eigenvalue weighted by molar-refractivity contribution is -0.108. The van der Waals surface area contributed by atoms with Gasteiger partial charge in [0.25, 0.3) is 0 Å². The van der Waals surface area contributed by atoms with Crippen molar-refractivity contribution in [3.05, 3.63) is 0 Å². The van der Waals surface area contributed by atoms with E-state index in [1.807, 2.05) is 0 Å². The van der Waals surface area contributed by atoms with Crippen molar-refractivity contribution in [1.29, 1.82) is 0 Å². The molecule has 0 aromatic heterocycles. The molecule has 2 N–H and O–H groups in total. The van der Waals surface area contributed by atoms with Gasteiger partial charge in [-0.1, -0.05) is 27.2 Å². The first kappa shape index (κ1) is 10.0. The molecule has 1 fully saturated rings. The van der Waals surface area contributed by atoms with Gasteiger partial charge in [-0.05, 0) is 12.8 Å². The van der Waals surface area contributed by atoms with Crippen molar-refractivity contribution in [2.24, 2.45) is 11.1 Å². The van der Waals surface area contributed by atoms with Crippen molar-refractivity contribution in [3.8, 4) is 0 Å². The Labute approximate surface area is 75.5 Å². The first-order valence-electron chi connectivity index (χ1n) is 4.96. The average Bonchev–Trinajstić information content (AvgIpc) is 2.04. The summed E-state index contributed by atoms with van der Waals surface area (Å²) < 4.78 is 5.72. The van der Waals surface area contributed by atoms with E-state index in [4.69, 9.17) is 10.5 Å². The fourth-order valence-electron chi connectivity index (χ4n) is 1.57. The van der Waals surface area contributed by atoms with Gasteiger partial charge in [-0.25, -0.2) is 0 Å². The van der Waals surface area contributed by atoms with Crippen LogP contribution in [0.15, 0.2) is 0 Å². The maximum Gasteiger partial charge on any atom is 0.0655 e. The number of nitrogens with two attached hydrogens (primary N) is 1. The molecule has 0 unspecified atom stereocenters. The zero-order chi connectivity index (χ0) is 9.19. The summed E-state index contributed by atoms with van der Waals surface area (Å²) in [6.45, 7) is 7.47. The van der Waals surface area contributed by atoms with E-state index >= 15 is 0 Å². The maximum atomic E-state index is 5.87. The van der Waals surface area contributed by atoms with Crippen LogP contribution in [0.3, 0.4) is 0 Å². The fourth-order valence-corrected chi connectivity index (χ4v) is 1.57. The van der Waals surface area contributed by atoms with Gasteiger partial charge in [-0.3, -0.25) is 0 Å². The molecule has 12 heavy (non-hydrogen) atoms. The third-order valence-electron chi connectivity index (χ3n) is 3.07. The zero-order valence-electron chi connectivity index (χ0n) is 8.47. The summed E-state index contributed by atoms with van der Waals surface area (Å²) in [4.78, 5) is 0. The summed E-state index contributed by atoms with van der Waals surface area (Å²) in [7, 11) is 0. The third-order valence-corrected chi connectivity index (χ3v) is 3.07. The molecule has 0 bridgehead atoms. The minimum atomic E-state index is 0.202. The Morgan fingerprint density at radius 3 is 2.58 bits per heavy atom. The molecule has 0 aromatic rings. The summed E-state index contributed by atoms with van der Waals surface area (Å²) in [6.07, 6.45) is 3.82. The van der Waals surface area contributed by atoms with Crippen LogP contribution in [-0.4, -0.2) is 18.8 Å². The van der Waals surface area contributed by atoms with E-state index in [1.165, 1.54) is 12.8 Å². The van der Waals surface area contributed by atoms with Gasteiger partial charge < -0.3 is 10.5 Å². The van der Waals surface area contributed by atoms with Crippen molar-refractivity contribution < 1.29 is 4.74 Å². The van der Waals surface area contributed by atoms with Crippen molar-refractivity contribution in [2.75, 3.05) is 6.61 Å². The number of hydrogen-bond acceptors (Lipinski definition) is 2. The second-order valence-corrected chi connectivity index (χ2v) is 4.38. The van der Waals surface area contributed by atoms with Crippen LogP contribution in [0.4, 0.5) is 0 Å². The largest absolute Gasteiger partial charge is 0.378 e. The molecule has 2 atom stereocenters. The van der Waals surface area contributed by atoms with Gasteiger partial charge >= 0.3 is 0 Å². The van der Waals surface area contributed by atoms with Crippen molar-refractivity contribution in [1.82, 2.24) is 0 Å². The Morgan fingerprint density at radius 2 is 2.17 bits per heavy atom. The lowest BCUT2D eigenvalue weighted by atomic mass is 9.65. The lowest BCUT2D eigenvalue weighted by Crippen LogP contribution is -2.59. The number of ether oxygens (including phenoxy) is 1. The molecule has 0 aromatic carbocycles. The van der Waals surface area contributed by atoms with Gasteiger partial charge in [0.15, 0.2) is 0 Å². The van der Waals surface area contributed by atoms with Gasteiger partial charge in [0, 0.05) is 18.1 Å². The number of rotatable bonds is 4.